The third-order valence-electron chi connectivity index (χ3n) is 3.76. The molecule has 1 aromatic carbocycles. The van der Waals surface area contributed by atoms with Crippen molar-refractivity contribution in [1.82, 2.24) is 15.6 Å². The molecule has 0 aliphatic rings. The molecule has 0 bridgehead atoms. The van der Waals surface area contributed by atoms with Gasteiger partial charge in [-0.2, -0.15) is 0 Å². The molecule has 0 unspecified atom stereocenters. The van der Waals surface area contributed by atoms with Gasteiger partial charge in [0.25, 0.3) is 0 Å². The molecular formula is C17H25IN4O3S. The Morgan fingerprint density at radius 3 is 2.35 bits per heavy atom. The van der Waals surface area contributed by atoms with Crippen molar-refractivity contribution in [2.24, 2.45) is 4.99 Å². The lowest BCUT2D eigenvalue weighted by atomic mass is 10.1. The highest BCUT2D eigenvalue weighted by Crippen LogP contribution is 2.10. The molecule has 0 aliphatic carbocycles. The Hall–Kier alpha value is -1.62. The minimum absolute atomic E-state index is 0. The monoisotopic (exact) mass is 492 g/mol. The molecule has 0 saturated heterocycles. The average molecular weight is 492 g/mol. The van der Waals surface area contributed by atoms with Gasteiger partial charge >= 0.3 is 0 Å². The number of nitrogens with one attached hydrogen (secondary N) is 2. The molecule has 9 heteroatoms. The van der Waals surface area contributed by atoms with Gasteiger partial charge in [0.05, 0.1) is 17.1 Å². The van der Waals surface area contributed by atoms with Crippen molar-refractivity contribution in [2.45, 2.75) is 31.7 Å². The lowest BCUT2D eigenvalue weighted by Crippen LogP contribution is -2.37. The smallest absolute Gasteiger partial charge is 0.214 e. The maximum Gasteiger partial charge on any atom is 0.214 e. The predicted octanol–water partition coefficient (Wildman–Crippen LogP) is 2.22. The van der Waals surface area contributed by atoms with Crippen LogP contribution < -0.4 is 10.6 Å². The number of halogens is 1. The van der Waals surface area contributed by atoms with Crippen LogP contribution in [0.25, 0.3) is 0 Å². The molecule has 0 fully saturated rings. The molecule has 0 atom stereocenters. The van der Waals surface area contributed by atoms with E-state index in [9.17, 15) is 8.42 Å². The lowest BCUT2D eigenvalue weighted by molar-refractivity contribution is 0.464. The summed E-state index contributed by atoms with van der Waals surface area (Å²) in [5, 5.41) is 6.35. The van der Waals surface area contributed by atoms with E-state index < -0.39 is 9.84 Å². The summed E-state index contributed by atoms with van der Waals surface area (Å²) in [5.41, 5.74) is 1.94. The molecule has 7 nitrogen and oxygen atoms in total. The Labute approximate surface area is 171 Å². The second-order valence-electron chi connectivity index (χ2n) is 5.77. The lowest BCUT2D eigenvalue weighted by Gasteiger charge is -2.10. The second-order valence-corrected chi connectivity index (χ2v) is 7.78. The van der Waals surface area contributed by atoms with E-state index in [1.165, 1.54) is 6.26 Å². The highest BCUT2D eigenvalue weighted by atomic mass is 127. The van der Waals surface area contributed by atoms with Crippen LogP contribution in [0.5, 0.6) is 0 Å². The number of guanidine groups is 1. The number of hydrogen-bond acceptors (Lipinski definition) is 5. The van der Waals surface area contributed by atoms with Crippen molar-refractivity contribution < 1.29 is 12.8 Å². The van der Waals surface area contributed by atoms with Gasteiger partial charge < -0.3 is 15.1 Å². The van der Waals surface area contributed by atoms with E-state index in [0.717, 1.165) is 23.4 Å². The van der Waals surface area contributed by atoms with Gasteiger partial charge in [-0.25, -0.2) is 13.4 Å². The molecular weight excluding hydrogens is 467 g/mol. The van der Waals surface area contributed by atoms with Crippen LogP contribution in [-0.2, 0) is 22.8 Å². The number of rotatable bonds is 6. The third-order valence-corrected chi connectivity index (χ3v) is 4.89. The van der Waals surface area contributed by atoms with Gasteiger partial charge in [0.15, 0.2) is 15.8 Å². The second kappa shape index (κ2) is 9.91. The van der Waals surface area contributed by atoms with E-state index >= 15 is 0 Å². The van der Waals surface area contributed by atoms with Crippen molar-refractivity contribution in [3.63, 3.8) is 0 Å². The largest absolute Gasteiger partial charge is 0.444 e. The number of sulfone groups is 1. The van der Waals surface area contributed by atoms with Crippen LogP contribution >= 0.6 is 24.0 Å². The van der Waals surface area contributed by atoms with Crippen LogP contribution in [0.1, 0.15) is 22.9 Å². The fourth-order valence-electron chi connectivity index (χ4n) is 2.22. The first-order valence-corrected chi connectivity index (χ1v) is 9.85. The summed E-state index contributed by atoms with van der Waals surface area (Å²) in [7, 11) is -1.46. The van der Waals surface area contributed by atoms with Crippen molar-refractivity contribution in [1.29, 1.82) is 0 Å². The van der Waals surface area contributed by atoms with E-state index in [-0.39, 0.29) is 24.0 Å². The van der Waals surface area contributed by atoms with Crippen LogP contribution in [0.4, 0.5) is 0 Å². The number of aromatic nitrogens is 1. The number of aliphatic imine (C=N–C) groups is 1. The molecule has 0 spiro atoms. The third kappa shape index (κ3) is 6.60. The van der Waals surface area contributed by atoms with Gasteiger partial charge in [0, 0.05) is 19.8 Å². The molecule has 0 aliphatic heterocycles. The summed E-state index contributed by atoms with van der Waals surface area (Å²) in [5.74, 6) is 2.09. The predicted molar refractivity (Wildman–Crippen MR) is 113 cm³/mol. The van der Waals surface area contributed by atoms with Gasteiger partial charge in [0.2, 0.25) is 5.89 Å². The van der Waals surface area contributed by atoms with Crippen LogP contribution in [0.3, 0.4) is 0 Å². The SMILES string of the molecule is CN=C(NCCc1ccc(S(C)(=O)=O)cc1)NCc1nc(C)c(C)o1.I. The maximum absolute atomic E-state index is 11.4. The standard InChI is InChI=1S/C17H24N4O3S.HI/c1-12-13(2)24-16(21-12)11-20-17(18-3)19-10-9-14-5-7-15(8-6-14)25(4,22)23;/h5-8H,9-11H2,1-4H3,(H2,18,19,20);1H. The summed E-state index contributed by atoms with van der Waals surface area (Å²) in [4.78, 5) is 8.80. The molecule has 144 valence electrons. The van der Waals surface area contributed by atoms with Crippen LogP contribution in [0.2, 0.25) is 0 Å². The first-order chi connectivity index (χ1) is 11.8. The highest BCUT2D eigenvalue weighted by Gasteiger charge is 2.07. The zero-order valence-corrected chi connectivity index (χ0v) is 18.5. The van der Waals surface area contributed by atoms with E-state index in [0.29, 0.717) is 29.8 Å². The van der Waals surface area contributed by atoms with Gasteiger partial charge in [-0.05, 0) is 38.0 Å². The van der Waals surface area contributed by atoms with E-state index in [2.05, 4.69) is 20.6 Å². The Balaban J connectivity index is 0.00000338. The summed E-state index contributed by atoms with van der Waals surface area (Å²) >= 11 is 0. The Bertz CT molecular complexity index is 826. The molecule has 0 amide bonds. The van der Waals surface area contributed by atoms with Crippen molar-refractivity contribution in [3.8, 4) is 0 Å². The average Bonchev–Trinajstić information content (AvgIpc) is 2.88. The zero-order valence-electron chi connectivity index (χ0n) is 15.4. The summed E-state index contributed by atoms with van der Waals surface area (Å²) in [6, 6.07) is 6.91. The summed E-state index contributed by atoms with van der Waals surface area (Å²) in [6.45, 7) is 4.91. The van der Waals surface area contributed by atoms with E-state index in [1.807, 2.05) is 26.0 Å². The number of benzene rings is 1. The zero-order chi connectivity index (χ0) is 18.4. The molecule has 0 radical (unpaired) electrons. The summed E-state index contributed by atoms with van der Waals surface area (Å²) in [6.07, 6.45) is 1.96. The number of nitrogens with zero attached hydrogens (tertiary/aromatic N) is 2. The molecule has 1 aromatic heterocycles. The Morgan fingerprint density at radius 1 is 1.19 bits per heavy atom. The van der Waals surface area contributed by atoms with Gasteiger partial charge in [-0.15, -0.1) is 24.0 Å². The minimum Gasteiger partial charge on any atom is -0.444 e. The molecule has 0 saturated carbocycles. The topological polar surface area (TPSA) is 96.6 Å². The van der Waals surface area contributed by atoms with Crippen LogP contribution in [0.15, 0.2) is 38.6 Å². The Morgan fingerprint density at radius 2 is 1.85 bits per heavy atom. The molecule has 1 heterocycles. The normalized spacial score (nSPS) is 11.8. The van der Waals surface area contributed by atoms with Crippen LogP contribution in [-0.4, -0.2) is 39.2 Å². The molecule has 26 heavy (non-hydrogen) atoms. The van der Waals surface area contributed by atoms with Gasteiger partial charge in [0.1, 0.15) is 5.76 Å². The van der Waals surface area contributed by atoms with Crippen LogP contribution in [0, 0.1) is 13.8 Å². The molecule has 2 N–H and O–H groups in total. The number of aryl methyl sites for hydroxylation is 2. The fourth-order valence-corrected chi connectivity index (χ4v) is 2.85. The number of oxazole rings is 1. The van der Waals surface area contributed by atoms with Crippen molar-refractivity contribution in [2.75, 3.05) is 19.8 Å². The maximum atomic E-state index is 11.4. The first-order valence-electron chi connectivity index (χ1n) is 7.96. The van der Waals surface area contributed by atoms with Crippen molar-refractivity contribution >= 4 is 39.8 Å². The minimum atomic E-state index is -3.15. The quantitative estimate of drug-likeness (QED) is 0.365. The number of hydrogen-bond donors (Lipinski definition) is 2. The van der Waals surface area contributed by atoms with Gasteiger partial charge in [-0.1, -0.05) is 12.1 Å². The molecule has 2 rings (SSSR count). The molecule has 2 aromatic rings. The highest BCUT2D eigenvalue weighted by molar-refractivity contribution is 14.0. The summed E-state index contributed by atoms with van der Waals surface area (Å²) < 4.78 is 28.4. The van der Waals surface area contributed by atoms with Crippen molar-refractivity contribution in [3.05, 3.63) is 47.2 Å². The first kappa shape index (κ1) is 22.4. The fraction of sp³-hybridized carbons (Fsp3) is 0.412. The van der Waals surface area contributed by atoms with E-state index in [4.69, 9.17) is 4.42 Å². The Kier molecular flexibility index (Phi) is 8.54. The van der Waals surface area contributed by atoms with Gasteiger partial charge in [-0.3, -0.25) is 4.99 Å². The van der Waals surface area contributed by atoms with E-state index in [1.54, 1.807) is 19.2 Å².